The third kappa shape index (κ3) is 5.91. The van der Waals surface area contributed by atoms with Gasteiger partial charge in [0.2, 0.25) is 5.91 Å². The lowest BCUT2D eigenvalue weighted by atomic mass is 10.1. The van der Waals surface area contributed by atoms with Crippen molar-refractivity contribution in [2.24, 2.45) is 0 Å². The summed E-state index contributed by atoms with van der Waals surface area (Å²) in [5.74, 6) is 1.01. The predicted octanol–water partition coefficient (Wildman–Crippen LogP) is 6.67. The minimum atomic E-state index is -0.246. The lowest BCUT2D eigenvalue weighted by Gasteiger charge is -2.11. The second-order valence-electron chi connectivity index (χ2n) is 7.84. The van der Waals surface area contributed by atoms with Crippen molar-refractivity contribution < 1.29 is 14.3 Å². The van der Waals surface area contributed by atoms with Crippen LogP contribution in [0.4, 0.5) is 5.13 Å². The quantitative estimate of drug-likeness (QED) is 0.292. The third-order valence-electron chi connectivity index (χ3n) is 5.39. The summed E-state index contributed by atoms with van der Waals surface area (Å²) in [5.41, 5.74) is 6.25. The van der Waals surface area contributed by atoms with Gasteiger partial charge in [-0.05, 0) is 60.4 Å². The minimum Gasteiger partial charge on any atom is -0.493 e. The molecular formula is C28H26N2O3S. The van der Waals surface area contributed by atoms with Crippen molar-refractivity contribution in [2.75, 3.05) is 12.4 Å². The van der Waals surface area contributed by atoms with Crippen molar-refractivity contribution in [1.82, 2.24) is 4.98 Å². The summed E-state index contributed by atoms with van der Waals surface area (Å²) in [7, 11) is 1.60. The number of carbonyl (C=O) groups excluding carboxylic acids is 1. The van der Waals surface area contributed by atoms with E-state index in [1.54, 1.807) is 13.2 Å². The number of hydrogen-bond donors (Lipinski definition) is 1. The zero-order valence-corrected chi connectivity index (χ0v) is 20.2. The van der Waals surface area contributed by atoms with Gasteiger partial charge in [-0.2, -0.15) is 0 Å². The molecule has 0 saturated carbocycles. The third-order valence-corrected chi connectivity index (χ3v) is 6.15. The molecule has 3 aromatic carbocycles. The van der Waals surface area contributed by atoms with Crippen molar-refractivity contribution in [2.45, 2.75) is 20.5 Å². The van der Waals surface area contributed by atoms with E-state index in [0.717, 1.165) is 22.4 Å². The molecule has 0 spiro atoms. The molecule has 0 unspecified atom stereocenters. The molecule has 1 amide bonds. The van der Waals surface area contributed by atoms with Crippen LogP contribution < -0.4 is 14.8 Å². The molecule has 0 saturated heterocycles. The number of methoxy groups -OCH3 is 1. The van der Waals surface area contributed by atoms with Crippen molar-refractivity contribution in [3.8, 4) is 22.8 Å². The number of thiazole rings is 1. The first-order valence-electron chi connectivity index (χ1n) is 10.9. The number of rotatable bonds is 8. The monoisotopic (exact) mass is 470 g/mol. The molecule has 1 aromatic heterocycles. The number of amides is 1. The number of aryl methyl sites for hydroxylation is 2. The van der Waals surface area contributed by atoms with Gasteiger partial charge in [-0.25, -0.2) is 4.98 Å². The van der Waals surface area contributed by atoms with Gasteiger partial charge in [0.1, 0.15) is 6.61 Å². The Labute approximate surface area is 203 Å². The van der Waals surface area contributed by atoms with Crippen LogP contribution in [0.15, 0.2) is 78.2 Å². The van der Waals surface area contributed by atoms with Gasteiger partial charge >= 0.3 is 0 Å². The summed E-state index contributed by atoms with van der Waals surface area (Å²) in [5, 5.41) is 5.34. The van der Waals surface area contributed by atoms with Gasteiger partial charge in [0.15, 0.2) is 16.6 Å². The molecule has 0 radical (unpaired) electrons. The largest absolute Gasteiger partial charge is 0.493 e. The van der Waals surface area contributed by atoms with Gasteiger partial charge in [0.25, 0.3) is 0 Å². The molecular weight excluding hydrogens is 444 g/mol. The number of aromatic nitrogens is 1. The van der Waals surface area contributed by atoms with Crippen molar-refractivity contribution in [3.05, 3.63) is 100 Å². The maximum atomic E-state index is 12.4. The standard InChI is InChI=1S/C28H26N2O3S/c1-19-9-12-23(15-20(19)2)24-18-34-28(29-24)30-27(31)14-11-21-10-13-25(26(16-21)32-3)33-17-22-7-5-4-6-8-22/h4-16,18H,17H2,1-3H3,(H,29,30,31)/b14-11+. The average molecular weight is 471 g/mol. The average Bonchev–Trinajstić information content (AvgIpc) is 3.32. The number of anilines is 1. The lowest BCUT2D eigenvalue weighted by molar-refractivity contribution is -0.111. The molecule has 1 heterocycles. The van der Waals surface area contributed by atoms with Crippen molar-refractivity contribution >= 4 is 28.5 Å². The summed E-state index contributed by atoms with van der Waals surface area (Å²) in [6.07, 6.45) is 3.22. The highest BCUT2D eigenvalue weighted by atomic mass is 32.1. The highest BCUT2D eigenvalue weighted by molar-refractivity contribution is 7.14. The van der Waals surface area contributed by atoms with E-state index < -0.39 is 0 Å². The van der Waals surface area contributed by atoms with Gasteiger partial charge in [-0.1, -0.05) is 48.5 Å². The normalized spacial score (nSPS) is 10.9. The molecule has 1 N–H and O–H groups in total. The Balaban J connectivity index is 1.38. The fraction of sp³-hybridized carbons (Fsp3) is 0.143. The summed E-state index contributed by atoms with van der Waals surface area (Å²) in [6.45, 7) is 4.61. The summed E-state index contributed by atoms with van der Waals surface area (Å²) in [6, 6.07) is 21.7. The molecule has 4 aromatic rings. The van der Waals surface area contributed by atoms with E-state index in [2.05, 4.69) is 36.3 Å². The molecule has 6 heteroatoms. The second-order valence-corrected chi connectivity index (χ2v) is 8.70. The highest BCUT2D eigenvalue weighted by Gasteiger charge is 2.09. The molecule has 0 aliphatic carbocycles. The Morgan fingerprint density at radius 1 is 1.00 bits per heavy atom. The van der Waals surface area contributed by atoms with Gasteiger partial charge in [0.05, 0.1) is 12.8 Å². The van der Waals surface area contributed by atoms with Gasteiger partial charge < -0.3 is 9.47 Å². The molecule has 0 bridgehead atoms. The molecule has 5 nitrogen and oxygen atoms in total. The van der Waals surface area contributed by atoms with E-state index in [4.69, 9.17) is 9.47 Å². The summed E-state index contributed by atoms with van der Waals surface area (Å²) in [4.78, 5) is 17.0. The second kappa shape index (κ2) is 10.8. The number of carbonyl (C=O) groups is 1. The number of benzene rings is 3. The fourth-order valence-electron chi connectivity index (χ4n) is 3.33. The smallest absolute Gasteiger partial charge is 0.250 e. The zero-order chi connectivity index (χ0) is 23.9. The van der Waals surface area contributed by atoms with Crippen LogP contribution in [0.2, 0.25) is 0 Å². The predicted molar refractivity (Wildman–Crippen MR) is 138 cm³/mol. The lowest BCUT2D eigenvalue weighted by Crippen LogP contribution is -2.07. The summed E-state index contributed by atoms with van der Waals surface area (Å²) < 4.78 is 11.4. The first-order valence-corrected chi connectivity index (χ1v) is 11.8. The van der Waals surface area contributed by atoms with Crippen LogP contribution in [-0.2, 0) is 11.4 Å². The molecule has 0 aliphatic heterocycles. The SMILES string of the molecule is COc1cc(/C=C/C(=O)Nc2nc(-c3ccc(C)c(C)c3)cs2)ccc1OCc1ccccc1. The van der Waals surface area contributed by atoms with E-state index in [1.807, 2.05) is 60.0 Å². The van der Waals surface area contributed by atoms with E-state index in [0.29, 0.717) is 23.2 Å². The molecule has 0 fully saturated rings. The van der Waals surface area contributed by atoms with E-state index in [1.165, 1.54) is 28.5 Å². The van der Waals surface area contributed by atoms with Crippen LogP contribution in [0, 0.1) is 13.8 Å². The number of nitrogens with one attached hydrogen (secondary N) is 1. The molecule has 34 heavy (non-hydrogen) atoms. The van der Waals surface area contributed by atoms with Crippen LogP contribution in [0.25, 0.3) is 17.3 Å². The topological polar surface area (TPSA) is 60.5 Å². The molecule has 0 atom stereocenters. The van der Waals surface area contributed by atoms with Crippen LogP contribution in [0.3, 0.4) is 0 Å². The molecule has 4 rings (SSSR count). The highest BCUT2D eigenvalue weighted by Crippen LogP contribution is 2.30. The van der Waals surface area contributed by atoms with Gasteiger partial charge in [0, 0.05) is 17.0 Å². The fourth-order valence-corrected chi connectivity index (χ4v) is 4.05. The van der Waals surface area contributed by atoms with E-state index >= 15 is 0 Å². The maximum absolute atomic E-state index is 12.4. The molecule has 0 aliphatic rings. The maximum Gasteiger partial charge on any atom is 0.250 e. The van der Waals surface area contributed by atoms with Crippen LogP contribution in [0.5, 0.6) is 11.5 Å². The van der Waals surface area contributed by atoms with Crippen LogP contribution in [0.1, 0.15) is 22.3 Å². The Kier molecular flexibility index (Phi) is 7.40. The number of ether oxygens (including phenoxy) is 2. The van der Waals surface area contributed by atoms with Crippen LogP contribution >= 0.6 is 11.3 Å². The first kappa shape index (κ1) is 23.3. The van der Waals surface area contributed by atoms with Crippen molar-refractivity contribution in [3.63, 3.8) is 0 Å². The number of nitrogens with zero attached hydrogens (tertiary/aromatic N) is 1. The van der Waals surface area contributed by atoms with Crippen LogP contribution in [-0.4, -0.2) is 18.0 Å². The first-order chi connectivity index (χ1) is 16.5. The van der Waals surface area contributed by atoms with E-state index in [-0.39, 0.29) is 5.91 Å². The zero-order valence-electron chi connectivity index (χ0n) is 19.4. The van der Waals surface area contributed by atoms with Gasteiger partial charge in [-0.3, -0.25) is 10.1 Å². The van der Waals surface area contributed by atoms with Gasteiger partial charge in [-0.15, -0.1) is 11.3 Å². The summed E-state index contributed by atoms with van der Waals surface area (Å²) >= 11 is 1.40. The Morgan fingerprint density at radius 3 is 2.59 bits per heavy atom. The van der Waals surface area contributed by atoms with E-state index in [9.17, 15) is 4.79 Å². The number of hydrogen-bond acceptors (Lipinski definition) is 5. The van der Waals surface area contributed by atoms with Crippen molar-refractivity contribution in [1.29, 1.82) is 0 Å². The Bertz CT molecular complexity index is 1310. The Hall–Kier alpha value is -3.90. The minimum absolute atomic E-state index is 0.246. The Morgan fingerprint density at radius 2 is 1.82 bits per heavy atom. The molecule has 172 valence electrons.